The van der Waals surface area contributed by atoms with E-state index in [0.29, 0.717) is 44.3 Å². The molecular weight excluding hydrogens is 499 g/mol. The predicted molar refractivity (Wildman–Crippen MR) is 124 cm³/mol. The summed E-state index contributed by atoms with van der Waals surface area (Å²) >= 11 is 5.81. The van der Waals surface area contributed by atoms with Crippen molar-refractivity contribution in [2.24, 2.45) is 0 Å². The number of benzene rings is 1. The molecule has 3 aliphatic heterocycles. The third-order valence-corrected chi connectivity index (χ3v) is 7.23. The Bertz CT molecular complexity index is 1150. The Hall–Kier alpha value is -2.79. The Kier molecular flexibility index (Phi) is 6.86. The quantitative estimate of drug-likeness (QED) is 0.605. The van der Waals surface area contributed by atoms with Gasteiger partial charge >= 0.3 is 12.3 Å². The molecule has 8 nitrogen and oxygen atoms in total. The van der Waals surface area contributed by atoms with Crippen LogP contribution in [0.2, 0.25) is 5.02 Å². The molecule has 3 aliphatic rings. The third-order valence-electron chi connectivity index (χ3n) is 7.01. The van der Waals surface area contributed by atoms with E-state index < -0.39 is 17.8 Å². The van der Waals surface area contributed by atoms with Gasteiger partial charge in [0.1, 0.15) is 6.61 Å². The molecule has 0 saturated carbocycles. The third kappa shape index (κ3) is 5.31. The van der Waals surface area contributed by atoms with Crippen LogP contribution in [0.15, 0.2) is 24.3 Å². The van der Waals surface area contributed by atoms with Gasteiger partial charge in [0.25, 0.3) is 5.91 Å². The van der Waals surface area contributed by atoms with Gasteiger partial charge in [-0.2, -0.15) is 18.3 Å². The smallest absolute Gasteiger partial charge is 0.416 e. The largest absolute Gasteiger partial charge is 0.445 e. The SMILES string of the molecule is O=C(OCc1cc(Cl)cc(C(F)(F)F)c1)N1CCCn2nc(C(=O)N3CCN4CCC[C@H]4C3)cc2C1. The number of aryl methyl sites for hydroxylation is 1. The summed E-state index contributed by atoms with van der Waals surface area (Å²) in [5, 5.41) is 4.43. The molecule has 0 aliphatic carbocycles. The fourth-order valence-corrected chi connectivity index (χ4v) is 5.45. The van der Waals surface area contributed by atoms with Crippen LogP contribution in [0.1, 0.15) is 46.6 Å². The molecule has 1 atom stereocenters. The highest BCUT2D eigenvalue weighted by Crippen LogP contribution is 2.32. The molecule has 2 aromatic rings. The first-order valence-corrected chi connectivity index (χ1v) is 12.4. The molecule has 0 spiro atoms. The molecule has 5 rings (SSSR count). The van der Waals surface area contributed by atoms with E-state index in [0.717, 1.165) is 43.8 Å². The average Bonchev–Trinajstić information content (AvgIpc) is 3.42. The van der Waals surface area contributed by atoms with Crippen molar-refractivity contribution in [2.75, 3.05) is 32.7 Å². The summed E-state index contributed by atoms with van der Waals surface area (Å²) in [6.45, 7) is 4.16. The summed E-state index contributed by atoms with van der Waals surface area (Å²) in [7, 11) is 0. The van der Waals surface area contributed by atoms with Crippen molar-refractivity contribution in [3.8, 4) is 0 Å². The molecule has 194 valence electrons. The van der Waals surface area contributed by atoms with Gasteiger partial charge in [-0.1, -0.05) is 11.6 Å². The zero-order valence-electron chi connectivity index (χ0n) is 19.6. The van der Waals surface area contributed by atoms with E-state index in [-0.39, 0.29) is 29.6 Å². The number of carbonyl (C=O) groups is 2. The number of nitrogens with zero attached hydrogens (tertiary/aromatic N) is 5. The van der Waals surface area contributed by atoms with Crippen LogP contribution in [-0.2, 0) is 30.6 Å². The van der Waals surface area contributed by atoms with E-state index in [2.05, 4.69) is 10.00 Å². The highest BCUT2D eigenvalue weighted by molar-refractivity contribution is 6.30. The molecular formula is C24H27ClF3N5O3. The highest BCUT2D eigenvalue weighted by atomic mass is 35.5. The Balaban J connectivity index is 1.22. The van der Waals surface area contributed by atoms with Crippen molar-refractivity contribution in [1.82, 2.24) is 24.5 Å². The molecule has 0 bridgehead atoms. The number of fused-ring (bicyclic) bond motifs is 2. The number of rotatable bonds is 3. The topological polar surface area (TPSA) is 70.9 Å². The summed E-state index contributed by atoms with van der Waals surface area (Å²) in [5.41, 5.74) is 0.337. The number of aromatic nitrogens is 2. The van der Waals surface area contributed by atoms with Gasteiger partial charge in [0, 0.05) is 43.8 Å². The minimum atomic E-state index is -4.55. The van der Waals surface area contributed by atoms with E-state index >= 15 is 0 Å². The Labute approximate surface area is 211 Å². The summed E-state index contributed by atoms with van der Waals surface area (Å²) < 4.78 is 46.2. The minimum Gasteiger partial charge on any atom is -0.445 e. The predicted octanol–water partition coefficient (Wildman–Crippen LogP) is 4.02. The van der Waals surface area contributed by atoms with Crippen LogP contribution in [0, 0.1) is 0 Å². The number of halogens is 4. The number of hydrogen-bond donors (Lipinski definition) is 0. The minimum absolute atomic E-state index is 0.0823. The Morgan fingerprint density at radius 2 is 1.86 bits per heavy atom. The van der Waals surface area contributed by atoms with Crippen LogP contribution >= 0.6 is 11.6 Å². The van der Waals surface area contributed by atoms with Crippen molar-refractivity contribution in [2.45, 2.75) is 51.2 Å². The van der Waals surface area contributed by atoms with Gasteiger partial charge in [-0.05, 0) is 55.6 Å². The first-order valence-electron chi connectivity index (χ1n) is 12.1. The second-order valence-corrected chi connectivity index (χ2v) is 9.94. The molecule has 12 heteroatoms. The van der Waals surface area contributed by atoms with Gasteiger partial charge in [0.2, 0.25) is 0 Å². The lowest BCUT2D eigenvalue weighted by Crippen LogP contribution is -2.52. The number of carbonyl (C=O) groups excluding carboxylic acids is 2. The van der Waals surface area contributed by atoms with Gasteiger partial charge in [-0.15, -0.1) is 0 Å². The fourth-order valence-electron chi connectivity index (χ4n) is 5.19. The van der Waals surface area contributed by atoms with E-state index in [1.807, 2.05) is 4.90 Å². The van der Waals surface area contributed by atoms with Crippen molar-refractivity contribution in [1.29, 1.82) is 0 Å². The first-order chi connectivity index (χ1) is 17.2. The van der Waals surface area contributed by atoms with E-state index in [4.69, 9.17) is 16.3 Å². The van der Waals surface area contributed by atoms with Crippen molar-refractivity contribution in [3.05, 3.63) is 51.8 Å². The molecule has 2 amide bonds. The van der Waals surface area contributed by atoms with Crippen molar-refractivity contribution < 1.29 is 27.5 Å². The summed E-state index contributed by atoms with van der Waals surface area (Å²) in [5.74, 6) is -0.0994. The molecule has 1 aromatic heterocycles. The number of piperazine rings is 1. The maximum absolute atomic E-state index is 13.1. The van der Waals surface area contributed by atoms with Crippen LogP contribution in [0.3, 0.4) is 0 Å². The molecule has 0 N–H and O–H groups in total. The van der Waals surface area contributed by atoms with Gasteiger partial charge < -0.3 is 14.5 Å². The fraction of sp³-hybridized carbons (Fsp3) is 0.542. The Morgan fingerprint density at radius 3 is 2.67 bits per heavy atom. The maximum Gasteiger partial charge on any atom is 0.416 e. The van der Waals surface area contributed by atoms with Crippen molar-refractivity contribution in [3.63, 3.8) is 0 Å². The van der Waals surface area contributed by atoms with Gasteiger partial charge in [-0.25, -0.2) is 4.79 Å². The van der Waals surface area contributed by atoms with Crippen molar-refractivity contribution >= 4 is 23.6 Å². The lowest BCUT2D eigenvalue weighted by Gasteiger charge is -2.37. The molecule has 4 heterocycles. The van der Waals surface area contributed by atoms with Crippen LogP contribution < -0.4 is 0 Å². The maximum atomic E-state index is 13.1. The summed E-state index contributed by atoms with van der Waals surface area (Å²) in [4.78, 5) is 31.6. The van der Waals surface area contributed by atoms with Gasteiger partial charge in [-0.3, -0.25) is 14.4 Å². The number of ether oxygens (including phenoxy) is 1. The van der Waals surface area contributed by atoms with E-state index in [1.165, 1.54) is 11.0 Å². The zero-order chi connectivity index (χ0) is 25.4. The lowest BCUT2D eigenvalue weighted by molar-refractivity contribution is -0.137. The number of alkyl halides is 3. The second kappa shape index (κ2) is 9.93. The van der Waals surface area contributed by atoms with Gasteiger partial charge in [0.15, 0.2) is 5.69 Å². The number of amides is 2. The molecule has 2 fully saturated rings. The normalized spacial score (nSPS) is 20.6. The van der Waals surface area contributed by atoms with Crippen LogP contribution in [0.4, 0.5) is 18.0 Å². The number of hydrogen-bond acceptors (Lipinski definition) is 5. The van der Waals surface area contributed by atoms with Gasteiger partial charge in [0.05, 0.1) is 17.8 Å². The molecule has 0 radical (unpaired) electrons. The average molecular weight is 526 g/mol. The molecule has 1 aromatic carbocycles. The lowest BCUT2D eigenvalue weighted by atomic mass is 10.1. The highest BCUT2D eigenvalue weighted by Gasteiger charge is 2.34. The van der Waals surface area contributed by atoms with Crippen LogP contribution in [0.25, 0.3) is 0 Å². The van der Waals surface area contributed by atoms with E-state index in [9.17, 15) is 22.8 Å². The van der Waals surface area contributed by atoms with Crippen LogP contribution in [-0.4, -0.2) is 75.2 Å². The monoisotopic (exact) mass is 525 g/mol. The second-order valence-electron chi connectivity index (χ2n) is 9.50. The summed E-state index contributed by atoms with van der Waals surface area (Å²) in [6.07, 6.45) is -2.32. The molecule has 2 saturated heterocycles. The Morgan fingerprint density at radius 1 is 1.03 bits per heavy atom. The van der Waals surface area contributed by atoms with E-state index in [1.54, 1.807) is 10.7 Å². The summed E-state index contributed by atoms with van der Waals surface area (Å²) in [6, 6.07) is 5.22. The first kappa shape index (κ1) is 24.9. The van der Waals surface area contributed by atoms with Crippen LogP contribution in [0.5, 0.6) is 0 Å². The molecule has 36 heavy (non-hydrogen) atoms. The standard InChI is InChI=1S/C24H27ClF3N5O3/c25-18-10-16(9-17(11-18)24(26,27)28)15-36-23(35)32-5-2-6-33-20(14-32)12-21(29-33)22(34)31-8-7-30-4-1-3-19(30)13-31/h9-12,19H,1-8,13-15H2/t19-/m0/s1. The zero-order valence-corrected chi connectivity index (χ0v) is 20.4. The molecule has 0 unspecified atom stereocenters.